The maximum atomic E-state index is 9.82. The van der Waals surface area contributed by atoms with E-state index in [4.69, 9.17) is 15.9 Å². The number of nitrogens with zero attached hydrogens (tertiary/aromatic N) is 3. The highest BCUT2D eigenvalue weighted by Crippen LogP contribution is 2.40. The number of hydrogen-bond donors (Lipinski definition) is 3. The van der Waals surface area contributed by atoms with Gasteiger partial charge in [-0.2, -0.15) is 0 Å². The average molecular weight is 293 g/mol. The molecule has 0 amide bonds. The lowest BCUT2D eigenvalue weighted by Crippen LogP contribution is -2.28. The lowest BCUT2D eigenvalue weighted by molar-refractivity contribution is -0.0651. The SMILES string of the molecule is Cc1c(/C(N)=N\C=N)ncn1[C@@H]1O[C@H]([C@H](C)O)[C@@H](C)[C@H]1C. The third-order valence-corrected chi connectivity index (χ3v) is 4.33. The van der Waals surface area contributed by atoms with Crippen molar-refractivity contribution in [1.29, 1.82) is 5.41 Å². The van der Waals surface area contributed by atoms with Gasteiger partial charge in [-0.15, -0.1) is 0 Å². The minimum Gasteiger partial charge on any atom is -0.391 e. The molecule has 0 spiro atoms. The van der Waals surface area contributed by atoms with Crippen LogP contribution in [-0.4, -0.2) is 39.0 Å². The van der Waals surface area contributed by atoms with Crippen LogP contribution in [0.1, 0.15) is 38.4 Å². The van der Waals surface area contributed by atoms with Gasteiger partial charge in [-0.1, -0.05) is 13.8 Å². The molecular formula is C14H23N5O2. The van der Waals surface area contributed by atoms with E-state index >= 15 is 0 Å². The molecule has 1 aliphatic rings. The first-order chi connectivity index (χ1) is 9.88. The highest BCUT2D eigenvalue weighted by atomic mass is 16.5. The van der Waals surface area contributed by atoms with E-state index in [1.54, 1.807) is 13.3 Å². The minimum atomic E-state index is -0.514. The Hall–Kier alpha value is -1.73. The Labute approximate surface area is 124 Å². The van der Waals surface area contributed by atoms with E-state index in [0.717, 1.165) is 12.0 Å². The Balaban J connectivity index is 2.32. The van der Waals surface area contributed by atoms with Gasteiger partial charge in [0.05, 0.1) is 18.5 Å². The number of imidazole rings is 1. The number of aliphatic imine (C=N–C) groups is 1. The molecule has 0 unspecified atom stereocenters. The third kappa shape index (κ3) is 2.71. The van der Waals surface area contributed by atoms with Gasteiger partial charge in [0.1, 0.15) is 18.3 Å². The van der Waals surface area contributed by atoms with Crippen molar-refractivity contribution in [1.82, 2.24) is 9.55 Å². The van der Waals surface area contributed by atoms with Gasteiger partial charge in [0, 0.05) is 11.6 Å². The number of aliphatic hydroxyl groups excluding tert-OH is 1. The topological polar surface area (TPSA) is 110 Å². The predicted octanol–water partition coefficient (Wildman–Crippen LogP) is 1.05. The molecule has 0 aliphatic carbocycles. The Bertz CT molecular complexity index is 552. The highest BCUT2D eigenvalue weighted by molar-refractivity contribution is 6.00. The molecule has 1 aliphatic heterocycles. The molecule has 2 heterocycles. The Morgan fingerprint density at radius 1 is 1.57 bits per heavy atom. The summed E-state index contributed by atoms with van der Waals surface area (Å²) in [5, 5.41) is 16.8. The zero-order valence-electron chi connectivity index (χ0n) is 12.8. The third-order valence-electron chi connectivity index (χ3n) is 4.33. The smallest absolute Gasteiger partial charge is 0.153 e. The van der Waals surface area contributed by atoms with Crippen LogP contribution in [0.3, 0.4) is 0 Å². The Kier molecular flexibility index (Phi) is 4.43. The summed E-state index contributed by atoms with van der Waals surface area (Å²) in [4.78, 5) is 8.02. The summed E-state index contributed by atoms with van der Waals surface area (Å²) < 4.78 is 7.94. The molecule has 0 saturated carbocycles. The number of nitrogens with one attached hydrogen (secondary N) is 1. The first-order valence-electron chi connectivity index (χ1n) is 7.08. The lowest BCUT2D eigenvalue weighted by Gasteiger charge is -2.19. The first-order valence-corrected chi connectivity index (χ1v) is 7.08. The van der Waals surface area contributed by atoms with Crippen molar-refractivity contribution in [2.75, 3.05) is 0 Å². The van der Waals surface area contributed by atoms with Gasteiger partial charge >= 0.3 is 0 Å². The zero-order chi connectivity index (χ0) is 15.7. The van der Waals surface area contributed by atoms with E-state index in [1.807, 2.05) is 11.5 Å². The van der Waals surface area contributed by atoms with Crippen LogP contribution in [0.4, 0.5) is 0 Å². The summed E-state index contributed by atoms with van der Waals surface area (Å²) in [5.74, 6) is 0.700. The lowest BCUT2D eigenvalue weighted by atomic mass is 9.90. The van der Waals surface area contributed by atoms with Gasteiger partial charge < -0.3 is 20.1 Å². The monoisotopic (exact) mass is 293 g/mol. The van der Waals surface area contributed by atoms with Crippen molar-refractivity contribution in [3.8, 4) is 0 Å². The molecule has 2 rings (SSSR count). The molecule has 1 fully saturated rings. The van der Waals surface area contributed by atoms with Gasteiger partial charge in [-0.05, 0) is 19.8 Å². The molecule has 0 radical (unpaired) electrons. The van der Waals surface area contributed by atoms with Crippen molar-refractivity contribution in [2.45, 2.75) is 46.1 Å². The summed E-state index contributed by atoms with van der Waals surface area (Å²) in [7, 11) is 0. The van der Waals surface area contributed by atoms with Crippen LogP contribution >= 0.6 is 0 Å². The van der Waals surface area contributed by atoms with Crippen molar-refractivity contribution in [2.24, 2.45) is 22.6 Å². The molecule has 4 N–H and O–H groups in total. The molecule has 1 aromatic rings. The summed E-state index contributed by atoms with van der Waals surface area (Å²) in [6.07, 6.45) is 1.68. The van der Waals surface area contributed by atoms with Crippen LogP contribution in [-0.2, 0) is 4.74 Å². The molecule has 116 valence electrons. The number of aromatic nitrogens is 2. The quantitative estimate of drug-likeness (QED) is 0.569. The minimum absolute atomic E-state index is 0.186. The molecule has 1 saturated heterocycles. The molecule has 5 atom stereocenters. The van der Waals surface area contributed by atoms with Crippen molar-refractivity contribution in [3.05, 3.63) is 17.7 Å². The normalized spacial score (nSPS) is 31.4. The van der Waals surface area contributed by atoms with E-state index < -0.39 is 6.10 Å². The molecule has 7 heteroatoms. The fraction of sp³-hybridized carbons (Fsp3) is 0.643. The van der Waals surface area contributed by atoms with Crippen LogP contribution in [0, 0.1) is 24.2 Å². The zero-order valence-corrected chi connectivity index (χ0v) is 12.8. The molecular weight excluding hydrogens is 270 g/mol. The summed E-state index contributed by atoms with van der Waals surface area (Å²) >= 11 is 0. The van der Waals surface area contributed by atoms with Gasteiger partial charge in [0.15, 0.2) is 5.84 Å². The van der Waals surface area contributed by atoms with Crippen molar-refractivity contribution in [3.63, 3.8) is 0 Å². The van der Waals surface area contributed by atoms with E-state index in [0.29, 0.717) is 5.69 Å². The highest BCUT2D eigenvalue weighted by Gasteiger charge is 2.42. The molecule has 21 heavy (non-hydrogen) atoms. The van der Waals surface area contributed by atoms with E-state index in [2.05, 4.69) is 23.8 Å². The fourth-order valence-electron chi connectivity index (χ4n) is 2.90. The second-order valence-corrected chi connectivity index (χ2v) is 5.68. The van der Waals surface area contributed by atoms with Gasteiger partial charge in [-0.3, -0.25) is 5.41 Å². The maximum Gasteiger partial charge on any atom is 0.153 e. The van der Waals surface area contributed by atoms with Crippen molar-refractivity contribution >= 4 is 12.2 Å². The van der Waals surface area contributed by atoms with Gasteiger partial charge in [0.25, 0.3) is 0 Å². The van der Waals surface area contributed by atoms with Crippen LogP contribution in [0.5, 0.6) is 0 Å². The number of ether oxygens (including phenoxy) is 1. The van der Waals surface area contributed by atoms with Crippen LogP contribution < -0.4 is 5.73 Å². The number of amidine groups is 1. The predicted molar refractivity (Wildman–Crippen MR) is 80.4 cm³/mol. The Morgan fingerprint density at radius 3 is 2.76 bits per heavy atom. The summed E-state index contributed by atoms with van der Waals surface area (Å²) in [6.45, 7) is 7.83. The summed E-state index contributed by atoms with van der Waals surface area (Å²) in [6, 6.07) is 0. The van der Waals surface area contributed by atoms with Crippen LogP contribution in [0.2, 0.25) is 0 Å². The van der Waals surface area contributed by atoms with E-state index in [9.17, 15) is 5.11 Å². The standard InChI is InChI=1S/C14H23N5O2/c1-7-8(2)14(21-12(7)10(4)20)19-6-18-11(9(19)3)13(16)17-5-15/h5-8,10,12,14,20H,1-4H3,(H3,15,16,17)/t7-,8+,10-,12-,14+/m0/s1. The number of rotatable bonds is 4. The van der Waals surface area contributed by atoms with Crippen LogP contribution in [0.25, 0.3) is 0 Å². The van der Waals surface area contributed by atoms with Gasteiger partial charge in [-0.25, -0.2) is 9.98 Å². The first kappa shape index (κ1) is 15.7. The number of hydrogen-bond acceptors (Lipinski definition) is 4. The molecule has 1 aromatic heterocycles. The molecule has 0 bridgehead atoms. The fourth-order valence-corrected chi connectivity index (χ4v) is 2.90. The average Bonchev–Trinajstić information content (AvgIpc) is 2.93. The van der Waals surface area contributed by atoms with Crippen molar-refractivity contribution < 1.29 is 9.84 Å². The second kappa shape index (κ2) is 5.95. The maximum absolute atomic E-state index is 9.82. The largest absolute Gasteiger partial charge is 0.391 e. The number of aliphatic hydroxyl groups is 1. The van der Waals surface area contributed by atoms with E-state index in [-0.39, 0.29) is 30.0 Å². The van der Waals surface area contributed by atoms with Crippen LogP contribution in [0.15, 0.2) is 11.3 Å². The van der Waals surface area contributed by atoms with Gasteiger partial charge in [0.2, 0.25) is 0 Å². The molecule has 0 aromatic carbocycles. The second-order valence-electron chi connectivity index (χ2n) is 5.68. The summed E-state index contributed by atoms with van der Waals surface area (Å²) in [5.41, 5.74) is 7.20. The Morgan fingerprint density at radius 2 is 2.24 bits per heavy atom. The molecule has 7 nitrogen and oxygen atoms in total. The van der Waals surface area contributed by atoms with E-state index in [1.165, 1.54) is 0 Å². The number of nitrogens with two attached hydrogens (primary N) is 1.